The van der Waals surface area contributed by atoms with Gasteiger partial charge >= 0.3 is 0 Å². The first-order valence-corrected chi connectivity index (χ1v) is 8.62. The summed E-state index contributed by atoms with van der Waals surface area (Å²) < 4.78 is 25.1. The van der Waals surface area contributed by atoms with Gasteiger partial charge in [-0.2, -0.15) is 0 Å². The Kier molecular flexibility index (Phi) is 3.55. The van der Waals surface area contributed by atoms with E-state index in [1.165, 1.54) is 4.90 Å². The summed E-state index contributed by atoms with van der Waals surface area (Å²) >= 11 is 3.37. The Morgan fingerprint density at radius 3 is 2.47 bits per heavy atom. The first-order valence-electron chi connectivity index (χ1n) is 5.93. The normalized spacial score (nSPS) is 17.3. The van der Waals surface area contributed by atoms with E-state index in [1.54, 1.807) is 7.05 Å². The highest BCUT2D eigenvalue weighted by atomic mass is 79.9. The quantitative estimate of drug-likeness (QED) is 0.824. The molecule has 1 fully saturated rings. The van der Waals surface area contributed by atoms with Gasteiger partial charge in [0.25, 0.3) is 0 Å². The molecule has 0 unspecified atom stereocenters. The molecule has 19 heavy (non-hydrogen) atoms. The molecule has 0 N–H and O–H groups in total. The molecule has 1 heterocycles. The second kappa shape index (κ2) is 4.63. The maximum atomic E-state index is 12.3. The Balaban J connectivity index is 2.15. The van der Waals surface area contributed by atoms with Crippen molar-refractivity contribution in [2.45, 2.75) is 24.1 Å². The van der Waals surface area contributed by atoms with Crippen molar-refractivity contribution >= 4 is 31.7 Å². The fourth-order valence-electron chi connectivity index (χ4n) is 2.24. The highest BCUT2D eigenvalue weighted by Gasteiger charge is 2.59. The van der Waals surface area contributed by atoms with Crippen LogP contribution in [0.4, 0.5) is 0 Å². The maximum absolute atomic E-state index is 12.3. The smallest absolute Gasteiger partial charge is 0.244 e. The van der Waals surface area contributed by atoms with E-state index in [1.807, 2.05) is 23.9 Å². The first kappa shape index (κ1) is 14.6. The minimum atomic E-state index is -3.34. The van der Waals surface area contributed by atoms with Crippen LogP contribution >= 0.6 is 15.9 Å². The number of aromatic nitrogens is 1. The lowest BCUT2D eigenvalue weighted by molar-refractivity contribution is -0.130. The average Bonchev–Trinajstić information content (AvgIpc) is 3.01. The number of sulfone groups is 1. The first-order chi connectivity index (χ1) is 8.67. The highest BCUT2D eigenvalue weighted by molar-refractivity contribution is 9.10. The topological polar surface area (TPSA) is 59.4 Å². The van der Waals surface area contributed by atoms with Gasteiger partial charge in [0.2, 0.25) is 5.91 Å². The van der Waals surface area contributed by atoms with Crippen molar-refractivity contribution < 1.29 is 13.2 Å². The second-order valence-corrected chi connectivity index (χ2v) is 8.43. The lowest BCUT2D eigenvalue weighted by Gasteiger charge is -2.22. The summed E-state index contributed by atoms with van der Waals surface area (Å²) in [6.07, 6.45) is 3.92. The van der Waals surface area contributed by atoms with Crippen LogP contribution in [0.15, 0.2) is 16.7 Å². The predicted molar refractivity (Wildman–Crippen MR) is 76.4 cm³/mol. The maximum Gasteiger partial charge on any atom is 0.244 e. The molecular formula is C12H17BrN2O3S. The van der Waals surface area contributed by atoms with E-state index in [0.29, 0.717) is 19.4 Å². The molecule has 2 rings (SSSR count). The molecule has 0 saturated heterocycles. The van der Waals surface area contributed by atoms with Gasteiger partial charge < -0.3 is 9.47 Å². The number of amides is 1. The van der Waals surface area contributed by atoms with Crippen LogP contribution in [-0.2, 0) is 28.2 Å². The molecule has 0 aromatic carbocycles. The Morgan fingerprint density at radius 2 is 2.11 bits per heavy atom. The molecule has 7 heteroatoms. The summed E-state index contributed by atoms with van der Waals surface area (Å²) in [5.41, 5.74) is 0.951. The summed E-state index contributed by atoms with van der Waals surface area (Å²) in [5.74, 6) is -0.299. The molecule has 5 nitrogen and oxygen atoms in total. The summed E-state index contributed by atoms with van der Waals surface area (Å²) in [4.78, 5) is 13.8. The zero-order valence-electron chi connectivity index (χ0n) is 11.2. The summed E-state index contributed by atoms with van der Waals surface area (Å²) in [6, 6.07) is 1.92. The zero-order chi connectivity index (χ0) is 14.4. The van der Waals surface area contributed by atoms with E-state index in [-0.39, 0.29) is 5.91 Å². The fourth-order valence-corrected chi connectivity index (χ4v) is 4.13. The lowest BCUT2D eigenvalue weighted by atomic mass is 10.3. The molecule has 0 radical (unpaired) electrons. The van der Waals surface area contributed by atoms with Gasteiger partial charge in [-0.05, 0) is 34.8 Å². The molecule has 0 bridgehead atoms. The number of hydrogen-bond donors (Lipinski definition) is 0. The largest absolute Gasteiger partial charge is 0.352 e. The van der Waals surface area contributed by atoms with E-state index >= 15 is 0 Å². The predicted octanol–water partition coefficient (Wildman–Crippen LogP) is 1.32. The van der Waals surface area contributed by atoms with Crippen LogP contribution in [0.3, 0.4) is 0 Å². The Hall–Kier alpha value is -0.820. The minimum absolute atomic E-state index is 0.299. The van der Waals surface area contributed by atoms with Crippen LogP contribution in [0.5, 0.6) is 0 Å². The zero-order valence-corrected chi connectivity index (χ0v) is 13.6. The van der Waals surface area contributed by atoms with Crippen molar-refractivity contribution in [1.82, 2.24) is 9.47 Å². The second-order valence-electron chi connectivity index (χ2n) is 5.19. The molecular weight excluding hydrogens is 332 g/mol. The molecule has 0 spiro atoms. The third-order valence-electron chi connectivity index (χ3n) is 3.62. The van der Waals surface area contributed by atoms with Crippen molar-refractivity contribution in [1.29, 1.82) is 0 Å². The monoisotopic (exact) mass is 348 g/mol. The van der Waals surface area contributed by atoms with E-state index in [2.05, 4.69) is 15.9 Å². The van der Waals surface area contributed by atoms with Crippen molar-refractivity contribution in [3.05, 3.63) is 22.4 Å². The Labute approximate surface area is 121 Å². The number of carbonyl (C=O) groups is 1. The number of hydrogen-bond acceptors (Lipinski definition) is 3. The van der Waals surface area contributed by atoms with E-state index in [0.717, 1.165) is 16.4 Å². The van der Waals surface area contributed by atoms with Crippen LogP contribution in [0, 0.1) is 0 Å². The molecule has 1 saturated carbocycles. The van der Waals surface area contributed by atoms with Crippen LogP contribution < -0.4 is 0 Å². The van der Waals surface area contributed by atoms with Gasteiger partial charge in [0.15, 0.2) is 14.6 Å². The SMILES string of the molecule is CN(Cc1cc(Br)cn1C)C(=O)C1(S(C)(=O)=O)CC1. The Morgan fingerprint density at radius 1 is 1.53 bits per heavy atom. The molecule has 1 aliphatic carbocycles. The number of carbonyl (C=O) groups excluding carboxylic acids is 1. The van der Waals surface area contributed by atoms with Crippen LogP contribution in [0.2, 0.25) is 0 Å². The average molecular weight is 349 g/mol. The van der Waals surface area contributed by atoms with Crippen LogP contribution in [-0.4, -0.2) is 41.8 Å². The third-order valence-corrected chi connectivity index (χ3v) is 6.06. The highest BCUT2D eigenvalue weighted by Crippen LogP contribution is 2.44. The number of aryl methyl sites for hydroxylation is 1. The lowest BCUT2D eigenvalue weighted by Crippen LogP contribution is -2.42. The van der Waals surface area contributed by atoms with E-state index in [9.17, 15) is 13.2 Å². The van der Waals surface area contributed by atoms with Gasteiger partial charge in [-0.25, -0.2) is 8.42 Å². The van der Waals surface area contributed by atoms with E-state index < -0.39 is 14.6 Å². The number of nitrogens with zero attached hydrogens (tertiary/aromatic N) is 2. The van der Waals surface area contributed by atoms with Gasteiger partial charge in [0, 0.05) is 36.7 Å². The molecule has 1 aromatic rings. The standard InChI is InChI=1S/C12H17BrN2O3S/c1-14-7-9(13)6-10(14)8-15(2)11(16)12(4-5-12)19(3,17)18/h6-7H,4-5,8H2,1-3H3. The molecule has 106 valence electrons. The van der Waals surface area contributed by atoms with Crippen LogP contribution in [0.25, 0.3) is 0 Å². The Bertz CT molecular complexity index is 617. The minimum Gasteiger partial charge on any atom is -0.352 e. The van der Waals surface area contributed by atoms with Gasteiger partial charge in [0.05, 0.1) is 6.54 Å². The van der Waals surface area contributed by atoms with Gasteiger partial charge in [-0.1, -0.05) is 0 Å². The van der Waals surface area contributed by atoms with Crippen LogP contribution in [0.1, 0.15) is 18.5 Å². The van der Waals surface area contributed by atoms with Crippen molar-refractivity contribution in [3.8, 4) is 0 Å². The molecule has 0 atom stereocenters. The third kappa shape index (κ3) is 2.58. The molecule has 0 aliphatic heterocycles. The molecule has 1 aliphatic rings. The summed E-state index contributed by atoms with van der Waals surface area (Å²) in [7, 11) is 0.198. The summed E-state index contributed by atoms with van der Waals surface area (Å²) in [5, 5.41) is 0. The summed E-state index contributed by atoms with van der Waals surface area (Å²) in [6.45, 7) is 0.401. The number of halogens is 1. The van der Waals surface area contributed by atoms with E-state index in [4.69, 9.17) is 0 Å². The molecule has 1 amide bonds. The fraction of sp³-hybridized carbons (Fsp3) is 0.583. The van der Waals surface area contributed by atoms with Gasteiger partial charge in [-0.3, -0.25) is 4.79 Å². The van der Waals surface area contributed by atoms with Gasteiger partial charge in [-0.15, -0.1) is 0 Å². The van der Waals surface area contributed by atoms with Gasteiger partial charge in [0.1, 0.15) is 0 Å². The number of rotatable bonds is 4. The molecule has 1 aromatic heterocycles. The van der Waals surface area contributed by atoms with Crippen molar-refractivity contribution in [2.24, 2.45) is 7.05 Å². The van der Waals surface area contributed by atoms with Crippen molar-refractivity contribution in [2.75, 3.05) is 13.3 Å². The van der Waals surface area contributed by atoms with Crippen molar-refractivity contribution in [3.63, 3.8) is 0 Å².